The maximum Gasteiger partial charge on any atom is 0.221 e. The molecule has 1 aromatic carbocycles. The molecule has 19 heavy (non-hydrogen) atoms. The molecular weight excluding hydrogens is 264 g/mol. The Morgan fingerprint density at radius 1 is 1.47 bits per heavy atom. The molecule has 2 rings (SSSR count). The summed E-state index contributed by atoms with van der Waals surface area (Å²) in [5.74, 6) is 1.03. The molecule has 4 nitrogen and oxygen atoms in total. The normalized spacial score (nSPS) is 16.4. The van der Waals surface area contributed by atoms with E-state index in [2.05, 4.69) is 16.7 Å². The largest absolute Gasteiger partial charge is 0.496 e. The molecule has 0 spiro atoms. The summed E-state index contributed by atoms with van der Waals surface area (Å²) < 4.78 is 5.35. The first-order valence-electron chi connectivity index (χ1n) is 6.36. The summed E-state index contributed by atoms with van der Waals surface area (Å²) in [4.78, 5) is 11.7. The van der Waals surface area contributed by atoms with E-state index in [1.54, 1.807) is 7.11 Å². The van der Waals surface area contributed by atoms with Crippen molar-refractivity contribution in [2.75, 3.05) is 20.7 Å². The number of hydrogen-bond donors (Lipinski definition) is 2. The number of methoxy groups -OCH3 is 1. The molecule has 1 unspecified atom stereocenters. The van der Waals surface area contributed by atoms with E-state index in [1.807, 2.05) is 19.2 Å². The topological polar surface area (TPSA) is 50.4 Å². The summed E-state index contributed by atoms with van der Waals surface area (Å²) in [7, 11) is 3.54. The molecule has 0 aliphatic heterocycles. The number of hydrogen-bond acceptors (Lipinski definition) is 3. The first-order chi connectivity index (χ1) is 8.76. The van der Waals surface area contributed by atoms with Gasteiger partial charge in [0.05, 0.1) is 13.2 Å². The Hall–Kier alpha value is -1.26. The molecule has 1 atom stereocenters. The lowest BCUT2D eigenvalue weighted by Gasteiger charge is -2.14. The van der Waals surface area contributed by atoms with Gasteiger partial charge in [0, 0.05) is 13.0 Å². The quantitative estimate of drug-likeness (QED) is 0.867. The first kappa shape index (κ1) is 15.8. The predicted octanol–water partition coefficient (Wildman–Crippen LogP) is 1.83. The number of carbonyl (C=O) groups is 1. The zero-order valence-corrected chi connectivity index (χ0v) is 12.2. The number of carbonyl (C=O) groups excluding carboxylic acids is 1. The molecule has 1 aromatic rings. The van der Waals surface area contributed by atoms with Crippen molar-refractivity contribution in [2.24, 2.45) is 0 Å². The fourth-order valence-electron chi connectivity index (χ4n) is 2.47. The number of fused-ring (bicyclic) bond motifs is 1. The van der Waals surface area contributed by atoms with Crippen molar-refractivity contribution in [3.05, 3.63) is 29.3 Å². The van der Waals surface area contributed by atoms with Crippen LogP contribution in [-0.4, -0.2) is 26.6 Å². The molecule has 1 amide bonds. The third-order valence-electron chi connectivity index (χ3n) is 3.38. The van der Waals surface area contributed by atoms with Gasteiger partial charge in [-0.2, -0.15) is 0 Å². The third kappa shape index (κ3) is 3.61. The number of rotatable bonds is 5. The van der Waals surface area contributed by atoms with Crippen LogP contribution in [0.1, 0.15) is 30.0 Å². The van der Waals surface area contributed by atoms with Gasteiger partial charge in [-0.05, 0) is 37.1 Å². The molecular formula is C14H21ClN2O2. The van der Waals surface area contributed by atoms with Gasteiger partial charge in [-0.15, -0.1) is 12.4 Å². The van der Waals surface area contributed by atoms with E-state index in [9.17, 15) is 4.79 Å². The van der Waals surface area contributed by atoms with Gasteiger partial charge in [0.1, 0.15) is 5.75 Å². The van der Waals surface area contributed by atoms with Gasteiger partial charge in [-0.3, -0.25) is 4.79 Å². The second-order valence-corrected chi connectivity index (χ2v) is 4.54. The molecule has 2 N–H and O–H groups in total. The van der Waals surface area contributed by atoms with Gasteiger partial charge in [-0.25, -0.2) is 0 Å². The SMILES string of the molecule is CNCCC(=O)NC1CCc2c(OC)cccc21.Cl. The standard InChI is InChI=1S/C14H20N2O2.ClH/c1-15-9-8-14(17)16-12-7-6-11-10(12)4-3-5-13(11)18-2;/h3-5,12,15H,6-9H2,1-2H3,(H,16,17);1H. The van der Waals surface area contributed by atoms with Crippen LogP contribution in [0.2, 0.25) is 0 Å². The number of benzene rings is 1. The Morgan fingerprint density at radius 3 is 2.95 bits per heavy atom. The minimum absolute atomic E-state index is 0. The van der Waals surface area contributed by atoms with Crippen molar-refractivity contribution in [3.8, 4) is 5.75 Å². The van der Waals surface area contributed by atoms with Crippen molar-refractivity contribution in [3.63, 3.8) is 0 Å². The molecule has 5 heteroatoms. The van der Waals surface area contributed by atoms with E-state index in [-0.39, 0.29) is 24.4 Å². The van der Waals surface area contributed by atoms with E-state index in [4.69, 9.17) is 4.74 Å². The lowest BCUT2D eigenvalue weighted by Crippen LogP contribution is -2.29. The Balaban J connectivity index is 0.00000180. The van der Waals surface area contributed by atoms with Gasteiger partial charge in [0.2, 0.25) is 5.91 Å². The molecule has 0 aromatic heterocycles. The van der Waals surface area contributed by atoms with Gasteiger partial charge in [0.25, 0.3) is 0 Å². The van der Waals surface area contributed by atoms with Gasteiger partial charge in [0.15, 0.2) is 0 Å². The monoisotopic (exact) mass is 284 g/mol. The molecule has 0 bridgehead atoms. The smallest absolute Gasteiger partial charge is 0.221 e. The second kappa shape index (κ2) is 7.36. The minimum atomic E-state index is 0. The highest BCUT2D eigenvalue weighted by molar-refractivity contribution is 5.85. The van der Waals surface area contributed by atoms with Crippen LogP contribution in [0.4, 0.5) is 0 Å². The summed E-state index contributed by atoms with van der Waals surface area (Å²) >= 11 is 0. The number of ether oxygens (including phenoxy) is 1. The average Bonchev–Trinajstić information content (AvgIpc) is 2.79. The molecule has 0 heterocycles. The number of amides is 1. The summed E-state index contributed by atoms with van der Waals surface area (Å²) in [6.07, 6.45) is 2.45. The van der Waals surface area contributed by atoms with Crippen molar-refractivity contribution in [2.45, 2.75) is 25.3 Å². The minimum Gasteiger partial charge on any atom is -0.496 e. The van der Waals surface area contributed by atoms with Crippen LogP contribution in [0.3, 0.4) is 0 Å². The van der Waals surface area contributed by atoms with Crippen LogP contribution in [0.15, 0.2) is 18.2 Å². The van der Waals surface area contributed by atoms with E-state index >= 15 is 0 Å². The zero-order chi connectivity index (χ0) is 13.0. The lowest BCUT2D eigenvalue weighted by molar-refractivity contribution is -0.121. The summed E-state index contributed by atoms with van der Waals surface area (Å²) in [6, 6.07) is 6.17. The van der Waals surface area contributed by atoms with Crippen LogP contribution >= 0.6 is 12.4 Å². The molecule has 1 aliphatic rings. The van der Waals surface area contributed by atoms with E-state index < -0.39 is 0 Å². The Kier molecular flexibility index (Phi) is 6.12. The highest BCUT2D eigenvalue weighted by atomic mass is 35.5. The van der Waals surface area contributed by atoms with Crippen molar-refractivity contribution in [1.29, 1.82) is 0 Å². The van der Waals surface area contributed by atoms with Crippen LogP contribution in [0.25, 0.3) is 0 Å². The highest BCUT2D eigenvalue weighted by Crippen LogP contribution is 2.36. The number of nitrogens with one attached hydrogen (secondary N) is 2. The van der Waals surface area contributed by atoms with E-state index in [1.165, 1.54) is 11.1 Å². The van der Waals surface area contributed by atoms with Crippen molar-refractivity contribution < 1.29 is 9.53 Å². The van der Waals surface area contributed by atoms with Crippen LogP contribution in [0, 0.1) is 0 Å². The third-order valence-corrected chi connectivity index (χ3v) is 3.38. The van der Waals surface area contributed by atoms with Crippen LogP contribution < -0.4 is 15.4 Å². The fourth-order valence-corrected chi connectivity index (χ4v) is 2.47. The van der Waals surface area contributed by atoms with Gasteiger partial charge < -0.3 is 15.4 Å². The fraction of sp³-hybridized carbons (Fsp3) is 0.500. The van der Waals surface area contributed by atoms with E-state index in [0.717, 1.165) is 18.6 Å². The maximum absolute atomic E-state index is 11.7. The van der Waals surface area contributed by atoms with E-state index in [0.29, 0.717) is 13.0 Å². The molecule has 1 aliphatic carbocycles. The summed E-state index contributed by atoms with van der Waals surface area (Å²) in [5.41, 5.74) is 2.44. The zero-order valence-electron chi connectivity index (χ0n) is 11.4. The first-order valence-corrected chi connectivity index (χ1v) is 6.36. The molecule has 0 fully saturated rings. The molecule has 0 saturated heterocycles. The number of halogens is 1. The average molecular weight is 285 g/mol. The van der Waals surface area contributed by atoms with Crippen LogP contribution in [-0.2, 0) is 11.2 Å². The Morgan fingerprint density at radius 2 is 2.26 bits per heavy atom. The predicted molar refractivity (Wildman–Crippen MR) is 78.0 cm³/mol. The Bertz CT molecular complexity index is 437. The van der Waals surface area contributed by atoms with Crippen LogP contribution in [0.5, 0.6) is 5.75 Å². The highest BCUT2D eigenvalue weighted by Gasteiger charge is 2.25. The summed E-state index contributed by atoms with van der Waals surface area (Å²) in [5, 5.41) is 6.07. The Labute approximate surface area is 120 Å². The molecule has 106 valence electrons. The van der Waals surface area contributed by atoms with Crippen molar-refractivity contribution >= 4 is 18.3 Å². The second-order valence-electron chi connectivity index (χ2n) is 4.54. The van der Waals surface area contributed by atoms with Gasteiger partial charge in [-0.1, -0.05) is 12.1 Å². The van der Waals surface area contributed by atoms with Crippen molar-refractivity contribution in [1.82, 2.24) is 10.6 Å². The summed E-state index contributed by atoms with van der Waals surface area (Å²) in [6.45, 7) is 0.712. The molecule has 0 radical (unpaired) electrons. The maximum atomic E-state index is 11.7. The van der Waals surface area contributed by atoms with Gasteiger partial charge >= 0.3 is 0 Å². The lowest BCUT2D eigenvalue weighted by atomic mass is 10.1. The molecule has 0 saturated carbocycles.